The summed E-state index contributed by atoms with van der Waals surface area (Å²) in [6.07, 6.45) is 1.14. The number of anilines is 1. The number of aliphatic imine (C=N–C) groups is 1. The van der Waals surface area contributed by atoms with Crippen molar-refractivity contribution >= 4 is 11.5 Å². The molecule has 2 rings (SSSR count). The van der Waals surface area contributed by atoms with Gasteiger partial charge in [0.1, 0.15) is 5.84 Å². The fraction of sp³-hybridized carbons (Fsp3) is 0.500. The summed E-state index contributed by atoms with van der Waals surface area (Å²) >= 11 is 0. The van der Waals surface area contributed by atoms with E-state index in [1.165, 1.54) is 11.3 Å². The molecule has 0 fully saturated rings. The molecule has 17 heavy (non-hydrogen) atoms. The van der Waals surface area contributed by atoms with Gasteiger partial charge >= 0.3 is 0 Å². The van der Waals surface area contributed by atoms with Gasteiger partial charge in [0.2, 0.25) is 0 Å². The first-order valence-corrected chi connectivity index (χ1v) is 6.49. The van der Waals surface area contributed by atoms with E-state index in [4.69, 9.17) is 0 Å². The average Bonchev–Trinajstić information content (AvgIpc) is 2.42. The molecular formula is C14H21N3. The van der Waals surface area contributed by atoms with Gasteiger partial charge in [0.05, 0.1) is 0 Å². The van der Waals surface area contributed by atoms with Crippen molar-refractivity contribution in [3.05, 3.63) is 29.8 Å². The van der Waals surface area contributed by atoms with Crippen molar-refractivity contribution in [2.45, 2.75) is 20.3 Å². The molecule has 0 aromatic heterocycles. The van der Waals surface area contributed by atoms with E-state index in [-0.39, 0.29) is 0 Å². The van der Waals surface area contributed by atoms with Crippen molar-refractivity contribution < 1.29 is 0 Å². The zero-order chi connectivity index (χ0) is 12.1. The second-order valence-corrected chi connectivity index (χ2v) is 4.23. The summed E-state index contributed by atoms with van der Waals surface area (Å²) in [5.41, 5.74) is 2.48. The Morgan fingerprint density at radius 1 is 1.18 bits per heavy atom. The van der Waals surface area contributed by atoms with Gasteiger partial charge in [-0.1, -0.05) is 0 Å². The fourth-order valence-electron chi connectivity index (χ4n) is 2.14. The van der Waals surface area contributed by atoms with Crippen LogP contribution >= 0.6 is 0 Å². The highest BCUT2D eigenvalue weighted by Gasteiger charge is 2.07. The van der Waals surface area contributed by atoms with E-state index in [1.807, 2.05) is 0 Å². The van der Waals surface area contributed by atoms with E-state index < -0.39 is 0 Å². The molecule has 0 amide bonds. The van der Waals surface area contributed by atoms with Gasteiger partial charge in [0.15, 0.2) is 0 Å². The zero-order valence-electron chi connectivity index (χ0n) is 10.7. The van der Waals surface area contributed by atoms with Crippen molar-refractivity contribution in [3.8, 4) is 0 Å². The Kier molecular flexibility index (Phi) is 4.02. The summed E-state index contributed by atoms with van der Waals surface area (Å²) in [4.78, 5) is 6.85. The summed E-state index contributed by atoms with van der Waals surface area (Å²) < 4.78 is 0. The fourth-order valence-corrected chi connectivity index (χ4v) is 2.14. The van der Waals surface area contributed by atoms with Gasteiger partial charge in [-0.3, -0.25) is 4.99 Å². The van der Waals surface area contributed by atoms with Crippen molar-refractivity contribution in [3.63, 3.8) is 0 Å². The van der Waals surface area contributed by atoms with E-state index in [2.05, 4.69) is 53.3 Å². The molecule has 0 radical (unpaired) electrons. The maximum atomic E-state index is 4.51. The van der Waals surface area contributed by atoms with E-state index in [0.29, 0.717) is 0 Å². The monoisotopic (exact) mass is 231 g/mol. The van der Waals surface area contributed by atoms with E-state index >= 15 is 0 Å². The molecule has 1 aliphatic rings. The molecule has 3 nitrogen and oxygen atoms in total. The normalized spacial score (nSPS) is 15.1. The standard InChI is InChI=1S/C14H21N3/c1-3-17(4-2)13-8-6-12(7-9-13)14-15-10-5-11-16-14/h6-9H,3-5,10-11H2,1-2H3,(H,15,16). The summed E-state index contributed by atoms with van der Waals surface area (Å²) in [5.74, 6) is 1.04. The van der Waals surface area contributed by atoms with Gasteiger partial charge < -0.3 is 10.2 Å². The first kappa shape index (κ1) is 12.0. The van der Waals surface area contributed by atoms with Gasteiger partial charge in [-0.05, 0) is 44.5 Å². The molecule has 1 aromatic carbocycles. The van der Waals surface area contributed by atoms with Crippen LogP contribution in [0.25, 0.3) is 0 Å². The quantitative estimate of drug-likeness (QED) is 0.861. The minimum atomic E-state index is 0.945. The molecule has 0 unspecified atom stereocenters. The van der Waals surface area contributed by atoms with Crippen molar-refractivity contribution in [2.24, 2.45) is 4.99 Å². The number of hydrogen-bond donors (Lipinski definition) is 1. The minimum Gasteiger partial charge on any atom is -0.372 e. The summed E-state index contributed by atoms with van der Waals surface area (Å²) in [7, 11) is 0. The maximum Gasteiger partial charge on any atom is 0.128 e. The molecule has 1 aromatic rings. The van der Waals surface area contributed by atoms with Gasteiger partial charge in [-0.15, -0.1) is 0 Å². The predicted octanol–water partition coefficient (Wildman–Crippen LogP) is 2.27. The molecule has 0 saturated heterocycles. The Labute approximate surface area is 104 Å². The van der Waals surface area contributed by atoms with Crippen LogP contribution in [0.1, 0.15) is 25.8 Å². The SMILES string of the molecule is CCN(CC)c1ccc(C2=NCCCN2)cc1. The van der Waals surface area contributed by atoms with Gasteiger partial charge in [0.25, 0.3) is 0 Å². The Morgan fingerprint density at radius 3 is 2.41 bits per heavy atom. The summed E-state index contributed by atoms with van der Waals surface area (Å²) in [6, 6.07) is 8.68. The molecule has 92 valence electrons. The Bertz CT molecular complexity index is 377. The third-order valence-corrected chi connectivity index (χ3v) is 3.17. The number of nitrogens with zero attached hydrogens (tertiary/aromatic N) is 2. The van der Waals surface area contributed by atoms with E-state index in [0.717, 1.165) is 38.4 Å². The second kappa shape index (κ2) is 5.71. The Morgan fingerprint density at radius 2 is 1.88 bits per heavy atom. The molecule has 0 bridgehead atoms. The van der Waals surface area contributed by atoms with Gasteiger partial charge in [-0.2, -0.15) is 0 Å². The molecular weight excluding hydrogens is 210 g/mol. The topological polar surface area (TPSA) is 27.6 Å². The lowest BCUT2D eigenvalue weighted by Crippen LogP contribution is -2.30. The van der Waals surface area contributed by atoms with Crippen LogP contribution in [0.15, 0.2) is 29.3 Å². The first-order valence-electron chi connectivity index (χ1n) is 6.49. The molecule has 0 saturated carbocycles. The smallest absolute Gasteiger partial charge is 0.128 e. The average molecular weight is 231 g/mol. The molecule has 0 atom stereocenters. The van der Waals surface area contributed by atoms with Crippen molar-refractivity contribution in [2.75, 3.05) is 31.1 Å². The van der Waals surface area contributed by atoms with Crippen LogP contribution in [0, 0.1) is 0 Å². The highest BCUT2D eigenvalue weighted by molar-refractivity contribution is 5.99. The highest BCUT2D eigenvalue weighted by Crippen LogP contribution is 2.15. The molecule has 0 aliphatic carbocycles. The van der Waals surface area contributed by atoms with E-state index in [9.17, 15) is 0 Å². The lowest BCUT2D eigenvalue weighted by atomic mass is 10.1. The number of rotatable bonds is 4. The lowest BCUT2D eigenvalue weighted by molar-refractivity contribution is 0.742. The number of hydrogen-bond acceptors (Lipinski definition) is 3. The third kappa shape index (κ3) is 2.78. The number of amidine groups is 1. The molecule has 1 aliphatic heterocycles. The maximum absolute atomic E-state index is 4.51. The van der Waals surface area contributed by atoms with Crippen LogP contribution in [0.3, 0.4) is 0 Å². The molecule has 3 heteroatoms. The minimum absolute atomic E-state index is 0.945. The predicted molar refractivity (Wildman–Crippen MR) is 74.0 cm³/mol. The van der Waals surface area contributed by atoms with Crippen LogP contribution in [0.4, 0.5) is 5.69 Å². The van der Waals surface area contributed by atoms with Gasteiger partial charge in [0, 0.05) is 37.4 Å². The van der Waals surface area contributed by atoms with Crippen molar-refractivity contribution in [1.29, 1.82) is 0 Å². The van der Waals surface area contributed by atoms with Crippen LogP contribution in [-0.2, 0) is 0 Å². The number of nitrogens with one attached hydrogen (secondary N) is 1. The van der Waals surface area contributed by atoms with Crippen molar-refractivity contribution in [1.82, 2.24) is 5.32 Å². The number of benzene rings is 1. The van der Waals surface area contributed by atoms with Crippen LogP contribution in [0.5, 0.6) is 0 Å². The summed E-state index contributed by atoms with van der Waals surface area (Å²) in [6.45, 7) is 8.45. The second-order valence-electron chi connectivity index (χ2n) is 4.23. The van der Waals surface area contributed by atoms with Crippen LogP contribution in [0.2, 0.25) is 0 Å². The lowest BCUT2D eigenvalue weighted by Gasteiger charge is -2.21. The first-order chi connectivity index (χ1) is 8.35. The summed E-state index contributed by atoms with van der Waals surface area (Å²) in [5, 5.41) is 3.35. The molecule has 1 N–H and O–H groups in total. The Balaban J connectivity index is 2.14. The van der Waals surface area contributed by atoms with Gasteiger partial charge in [-0.25, -0.2) is 0 Å². The molecule has 1 heterocycles. The van der Waals surface area contributed by atoms with Crippen LogP contribution < -0.4 is 10.2 Å². The highest BCUT2D eigenvalue weighted by atomic mass is 15.1. The Hall–Kier alpha value is -1.51. The zero-order valence-corrected chi connectivity index (χ0v) is 10.7. The molecule has 0 spiro atoms. The van der Waals surface area contributed by atoms with Crippen LogP contribution in [-0.4, -0.2) is 32.0 Å². The largest absolute Gasteiger partial charge is 0.372 e. The third-order valence-electron chi connectivity index (χ3n) is 3.17. The van der Waals surface area contributed by atoms with E-state index in [1.54, 1.807) is 0 Å².